The lowest BCUT2D eigenvalue weighted by Gasteiger charge is -2.19. The molecule has 0 saturated carbocycles. The van der Waals surface area contributed by atoms with Gasteiger partial charge in [-0.2, -0.15) is 0 Å². The largest absolute Gasteiger partial charge is 0.497 e. The van der Waals surface area contributed by atoms with E-state index in [9.17, 15) is 14.3 Å². The molecule has 3 N–H and O–H groups in total. The van der Waals surface area contributed by atoms with Crippen LogP contribution < -0.4 is 5.73 Å². The van der Waals surface area contributed by atoms with Crippen LogP contribution in [0.4, 0.5) is 0 Å². The van der Waals surface area contributed by atoms with Crippen molar-refractivity contribution in [1.82, 2.24) is 0 Å². The smallest absolute Gasteiger partial charge is 0.472 e. The topological polar surface area (TPSA) is 117 Å². The van der Waals surface area contributed by atoms with Crippen molar-refractivity contribution in [2.24, 2.45) is 5.73 Å². The van der Waals surface area contributed by atoms with Crippen LogP contribution in [0, 0.1) is 0 Å². The van der Waals surface area contributed by atoms with Gasteiger partial charge in [0.05, 0.1) is 19.5 Å². The van der Waals surface area contributed by atoms with E-state index in [2.05, 4.69) is 32.1 Å². The number of phosphoric ester groups is 1. The molecule has 0 radical (unpaired) electrons. The van der Waals surface area contributed by atoms with E-state index in [0.29, 0.717) is 0 Å². The van der Waals surface area contributed by atoms with E-state index in [-0.39, 0.29) is 32.8 Å². The average Bonchev–Trinajstić information content (AvgIpc) is 3.01. The molecule has 9 heteroatoms. The molecular formula is C35H60NO7P. The number of hydrogen-bond acceptors (Lipinski definition) is 7. The highest BCUT2D eigenvalue weighted by Crippen LogP contribution is 2.43. The van der Waals surface area contributed by atoms with Gasteiger partial charge < -0.3 is 20.1 Å². The third-order valence-corrected chi connectivity index (χ3v) is 7.33. The maximum atomic E-state index is 12.4. The number of rotatable bonds is 30. The van der Waals surface area contributed by atoms with E-state index in [0.717, 1.165) is 44.9 Å². The third kappa shape index (κ3) is 31.2. The Kier molecular flexibility index (Phi) is 30.6. The molecule has 0 amide bonds. The zero-order valence-corrected chi connectivity index (χ0v) is 28.3. The fourth-order valence-electron chi connectivity index (χ4n) is 3.95. The molecule has 2 atom stereocenters. The molecule has 0 aromatic carbocycles. The van der Waals surface area contributed by atoms with Gasteiger partial charge in [-0.25, -0.2) is 4.57 Å². The molecule has 44 heavy (non-hydrogen) atoms. The summed E-state index contributed by atoms with van der Waals surface area (Å²) in [5, 5.41) is 0. The molecule has 0 aliphatic carbocycles. The van der Waals surface area contributed by atoms with Crippen LogP contribution in [0.15, 0.2) is 73.1 Å². The minimum atomic E-state index is -4.31. The van der Waals surface area contributed by atoms with Crippen molar-refractivity contribution in [3.63, 3.8) is 0 Å². The SMILES string of the molecule is CCC=CC=CC=CC=CC=COCC(COP(=O)(O)OCCN)OC(=O)CCCCCCCC=CCCCCCCCC. The summed E-state index contributed by atoms with van der Waals surface area (Å²) in [6, 6.07) is 0. The molecule has 2 unspecified atom stereocenters. The second-order valence-corrected chi connectivity index (χ2v) is 11.9. The predicted octanol–water partition coefficient (Wildman–Crippen LogP) is 9.19. The second kappa shape index (κ2) is 32.2. The second-order valence-electron chi connectivity index (χ2n) is 10.5. The molecule has 0 aromatic rings. The minimum absolute atomic E-state index is 0.0400. The molecular weight excluding hydrogens is 577 g/mol. The maximum Gasteiger partial charge on any atom is 0.472 e. The van der Waals surface area contributed by atoms with Crippen molar-refractivity contribution in [1.29, 1.82) is 0 Å². The zero-order chi connectivity index (χ0) is 32.4. The molecule has 252 valence electrons. The number of esters is 1. The van der Waals surface area contributed by atoms with E-state index in [1.807, 2.05) is 36.5 Å². The van der Waals surface area contributed by atoms with E-state index in [1.165, 1.54) is 51.2 Å². The highest BCUT2D eigenvalue weighted by atomic mass is 31.2. The Bertz CT molecular complexity index is 896. The van der Waals surface area contributed by atoms with Gasteiger partial charge in [-0.15, -0.1) is 0 Å². The highest BCUT2D eigenvalue weighted by molar-refractivity contribution is 7.47. The Morgan fingerprint density at radius 2 is 1.30 bits per heavy atom. The lowest BCUT2D eigenvalue weighted by atomic mass is 10.1. The first-order valence-electron chi connectivity index (χ1n) is 16.5. The summed E-state index contributed by atoms with van der Waals surface area (Å²) in [6.07, 6.45) is 38.9. The summed E-state index contributed by atoms with van der Waals surface area (Å²) in [6.45, 7) is 3.89. The van der Waals surface area contributed by atoms with Crippen LogP contribution >= 0.6 is 7.82 Å². The van der Waals surface area contributed by atoms with Gasteiger partial charge in [0.2, 0.25) is 0 Å². The number of nitrogens with two attached hydrogens (primary N) is 1. The Morgan fingerprint density at radius 1 is 0.727 bits per heavy atom. The molecule has 0 saturated heterocycles. The van der Waals surface area contributed by atoms with Crippen molar-refractivity contribution < 1.29 is 32.8 Å². The van der Waals surface area contributed by atoms with Gasteiger partial charge in [-0.3, -0.25) is 13.8 Å². The van der Waals surface area contributed by atoms with Crippen molar-refractivity contribution in [3.05, 3.63) is 73.1 Å². The van der Waals surface area contributed by atoms with Crippen LogP contribution in [0.1, 0.15) is 110 Å². The van der Waals surface area contributed by atoms with Crippen LogP contribution in [0.5, 0.6) is 0 Å². The summed E-state index contributed by atoms with van der Waals surface area (Å²) < 4.78 is 32.7. The van der Waals surface area contributed by atoms with Crippen LogP contribution in [0.2, 0.25) is 0 Å². The van der Waals surface area contributed by atoms with Gasteiger partial charge in [0, 0.05) is 13.0 Å². The van der Waals surface area contributed by atoms with Crippen molar-refractivity contribution >= 4 is 13.8 Å². The van der Waals surface area contributed by atoms with E-state index < -0.39 is 19.9 Å². The number of phosphoric acid groups is 1. The van der Waals surface area contributed by atoms with Crippen LogP contribution in [0.25, 0.3) is 0 Å². The summed E-state index contributed by atoms with van der Waals surface area (Å²) in [7, 11) is -4.31. The first kappa shape index (κ1) is 41.8. The fraction of sp³-hybridized carbons (Fsp3) is 0.629. The molecule has 0 aliphatic heterocycles. The van der Waals surface area contributed by atoms with Gasteiger partial charge in [0.15, 0.2) is 6.10 Å². The van der Waals surface area contributed by atoms with Crippen molar-refractivity contribution in [2.45, 2.75) is 116 Å². The van der Waals surface area contributed by atoms with Crippen LogP contribution in [-0.2, 0) is 27.9 Å². The molecule has 0 aromatic heterocycles. The van der Waals surface area contributed by atoms with Gasteiger partial charge in [0.25, 0.3) is 0 Å². The average molecular weight is 638 g/mol. The lowest BCUT2D eigenvalue weighted by molar-refractivity contribution is -0.153. The van der Waals surface area contributed by atoms with Gasteiger partial charge in [0.1, 0.15) is 6.61 Å². The normalized spacial score (nSPS) is 14.6. The number of hydrogen-bond donors (Lipinski definition) is 2. The molecule has 0 spiro atoms. The Balaban J connectivity index is 4.34. The van der Waals surface area contributed by atoms with E-state index >= 15 is 0 Å². The predicted molar refractivity (Wildman–Crippen MR) is 182 cm³/mol. The molecule has 8 nitrogen and oxygen atoms in total. The Morgan fingerprint density at radius 3 is 1.91 bits per heavy atom. The number of unbranched alkanes of at least 4 members (excludes halogenated alkanes) is 11. The Hall–Kier alpha value is -2.22. The maximum absolute atomic E-state index is 12.4. The van der Waals surface area contributed by atoms with Crippen molar-refractivity contribution in [3.8, 4) is 0 Å². The standard InChI is InChI=1S/C35H60NO7P/c1-3-5-7-9-11-13-15-16-17-18-19-20-22-24-26-28-35(37)43-34(33-42-44(38,39)41-31-29-36)32-40-30-27-25-23-21-14-12-10-8-6-4-2/h6,8,10,12,14,16-17,21,23,25,27,30,34H,3-5,7,9,11,13,15,18-20,22,24,26,28-29,31-33,36H2,1-2H3,(H,38,39). The fourth-order valence-corrected chi connectivity index (χ4v) is 4.71. The first-order valence-corrected chi connectivity index (χ1v) is 18.0. The number of carbonyl (C=O) groups excluding carboxylic acids is 1. The van der Waals surface area contributed by atoms with E-state index in [4.69, 9.17) is 24.3 Å². The van der Waals surface area contributed by atoms with E-state index in [1.54, 1.807) is 12.2 Å². The van der Waals surface area contributed by atoms with Crippen molar-refractivity contribution in [2.75, 3.05) is 26.4 Å². The monoisotopic (exact) mass is 637 g/mol. The lowest BCUT2D eigenvalue weighted by Crippen LogP contribution is -2.27. The zero-order valence-electron chi connectivity index (χ0n) is 27.4. The summed E-state index contributed by atoms with van der Waals surface area (Å²) in [4.78, 5) is 22.2. The molecule has 0 bridgehead atoms. The van der Waals surface area contributed by atoms with Gasteiger partial charge in [-0.05, 0) is 44.6 Å². The number of ether oxygens (including phenoxy) is 2. The Labute approximate surface area is 267 Å². The van der Waals surface area contributed by atoms with Crippen LogP contribution in [0.3, 0.4) is 0 Å². The first-order chi connectivity index (χ1) is 21.4. The highest BCUT2D eigenvalue weighted by Gasteiger charge is 2.25. The number of carbonyl (C=O) groups is 1. The van der Waals surface area contributed by atoms with Gasteiger partial charge in [-0.1, -0.05) is 126 Å². The molecule has 0 rings (SSSR count). The minimum Gasteiger partial charge on any atom is -0.497 e. The van der Waals surface area contributed by atoms with Gasteiger partial charge >= 0.3 is 13.8 Å². The summed E-state index contributed by atoms with van der Waals surface area (Å²) in [5.74, 6) is -0.397. The number of allylic oxidation sites excluding steroid dienone is 11. The van der Waals surface area contributed by atoms with Crippen LogP contribution in [-0.4, -0.2) is 43.3 Å². The molecule has 0 aliphatic rings. The molecule has 0 heterocycles. The summed E-state index contributed by atoms with van der Waals surface area (Å²) >= 11 is 0. The third-order valence-electron chi connectivity index (χ3n) is 6.34. The summed E-state index contributed by atoms with van der Waals surface area (Å²) in [5.41, 5.74) is 5.32. The molecule has 0 fully saturated rings. The quantitative estimate of drug-likeness (QED) is 0.0200.